The van der Waals surface area contributed by atoms with E-state index in [0.717, 1.165) is 22.2 Å². The maximum absolute atomic E-state index is 5.68. The van der Waals surface area contributed by atoms with E-state index in [-0.39, 0.29) is 0 Å². The molecular weight excluding hydrogens is 194 g/mol. The van der Waals surface area contributed by atoms with Gasteiger partial charge in [-0.25, -0.2) is 10.8 Å². The van der Waals surface area contributed by atoms with Crippen LogP contribution in [0.4, 0.5) is 5.13 Å². The van der Waals surface area contributed by atoms with Gasteiger partial charge in [0, 0.05) is 6.54 Å². The molecule has 1 aromatic rings. The first-order chi connectivity index (χ1) is 6.69. The highest BCUT2D eigenvalue weighted by molar-refractivity contribution is 7.16. The number of hydrogen-bond donors (Lipinski definition) is 1. The van der Waals surface area contributed by atoms with Crippen molar-refractivity contribution in [1.82, 2.24) is 4.98 Å². The largest absolute Gasteiger partial charge is 0.286 e. The fourth-order valence-electron chi connectivity index (χ4n) is 0.841. The van der Waals surface area contributed by atoms with Crippen LogP contribution in [0.25, 0.3) is 6.08 Å². The molecule has 14 heavy (non-hydrogen) atoms. The highest BCUT2D eigenvalue weighted by Gasteiger charge is 2.07. The molecule has 0 bridgehead atoms. The second-order valence-corrected chi connectivity index (χ2v) is 3.45. The third-order valence-corrected chi connectivity index (χ3v) is 2.78. The topological polar surface area (TPSA) is 42.1 Å². The Labute approximate surface area is 89.5 Å². The maximum Gasteiger partial charge on any atom is 0.200 e. The van der Waals surface area contributed by atoms with Crippen LogP contribution in [0, 0.1) is 6.92 Å². The summed E-state index contributed by atoms with van der Waals surface area (Å²) < 4.78 is 0. The number of hydrazine groups is 1. The molecule has 4 heteroatoms. The minimum atomic E-state index is 0.767. The molecule has 0 radical (unpaired) electrons. The normalized spacial score (nSPS) is 8.79. The Hall–Kier alpha value is -1.13. The van der Waals surface area contributed by atoms with Gasteiger partial charge < -0.3 is 0 Å². The van der Waals surface area contributed by atoms with Crippen molar-refractivity contribution in [2.24, 2.45) is 5.84 Å². The fraction of sp³-hybridized carbons (Fsp3) is 0.300. The Morgan fingerprint density at radius 1 is 1.57 bits per heavy atom. The summed E-state index contributed by atoms with van der Waals surface area (Å²) in [5, 5.41) is 2.48. The number of hydrogen-bond acceptors (Lipinski definition) is 4. The van der Waals surface area contributed by atoms with E-state index < -0.39 is 0 Å². The Morgan fingerprint density at radius 3 is 2.50 bits per heavy atom. The highest BCUT2D eigenvalue weighted by Crippen LogP contribution is 2.24. The second-order valence-electron chi connectivity index (χ2n) is 2.44. The van der Waals surface area contributed by atoms with E-state index >= 15 is 0 Å². The molecule has 1 rings (SSSR count). The molecule has 0 aliphatic heterocycles. The van der Waals surface area contributed by atoms with Gasteiger partial charge >= 0.3 is 0 Å². The molecule has 0 atom stereocenters. The molecule has 1 heterocycles. The van der Waals surface area contributed by atoms with Gasteiger partial charge in [0.2, 0.25) is 0 Å². The summed E-state index contributed by atoms with van der Waals surface area (Å²) in [6, 6.07) is 0. The molecule has 0 saturated carbocycles. The molecule has 2 N–H and O–H groups in total. The molecule has 0 saturated heterocycles. The van der Waals surface area contributed by atoms with E-state index in [1.54, 1.807) is 22.4 Å². The molecule has 0 aromatic carbocycles. The van der Waals surface area contributed by atoms with Gasteiger partial charge in [-0.15, -0.1) is 13.2 Å². The first-order valence-corrected chi connectivity index (χ1v) is 5.12. The lowest BCUT2D eigenvalue weighted by Gasteiger charge is -2.10. The molecule has 0 unspecified atom stereocenters. The van der Waals surface area contributed by atoms with Crippen molar-refractivity contribution in [1.29, 1.82) is 0 Å². The van der Waals surface area contributed by atoms with Gasteiger partial charge in [0.05, 0.1) is 10.6 Å². The van der Waals surface area contributed by atoms with Gasteiger partial charge in [0.15, 0.2) is 5.13 Å². The Balaban J connectivity index is 0.000000791. The summed E-state index contributed by atoms with van der Waals surface area (Å²) in [7, 11) is 0. The Kier molecular flexibility index (Phi) is 5.83. The van der Waals surface area contributed by atoms with Crippen LogP contribution in [0.5, 0.6) is 0 Å². The van der Waals surface area contributed by atoms with Crippen molar-refractivity contribution in [2.75, 3.05) is 11.6 Å². The smallest absolute Gasteiger partial charge is 0.200 e. The lowest BCUT2D eigenvalue weighted by Crippen LogP contribution is -2.29. The average Bonchev–Trinajstić information content (AvgIpc) is 2.61. The molecule has 78 valence electrons. The zero-order valence-electron chi connectivity index (χ0n) is 8.79. The number of nitrogens with zero attached hydrogens (tertiary/aromatic N) is 2. The maximum atomic E-state index is 5.68. The number of rotatable bonds is 3. The molecule has 0 amide bonds. The average molecular weight is 211 g/mol. The number of thiazole rings is 1. The van der Waals surface area contributed by atoms with Crippen LogP contribution in [0.3, 0.4) is 0 Å². The Morgan fingerprint density at radius 2 is 2.14 bits per heavy atom. The lowest BCUT2D eigenvalue weighted by molar-refractivity contribution is 0.881. The third-order valence-electron chi connectivity index (χ3n) is 1.59. The minimum Gasteiger partial charge on any atom is -0.286 e. The summed E-state index contributed by atoms with van der Waals surface area (Å²) in [5.41, 5.74) is 0.994. The van der Waals surface area contributed by atoms with E-state index in [4.69, 9.17) is 5.84 Å². The molecule has 1 aromatic heterocycles. The van der Waals surface area contributed by atoms with Gasteiger partial charge in [0.1, 0.15) is 0 Å². The first kappa shape index (κ1) is 12.9. The first-order valence-electron chi connectivity index (χ1n) is 4.31. The fourth-order valence-corrected chi connectivity index (χ4v) is 1.74. The van der Waals surface area contributed by atoms with Gasteiger partial charge in [-0.1, -0.05) is 24.0 Å². The molecule has 0 aliphatic rings. The van der Waals surface area contributed by atoms with E-state index in [9.17, 15) is 0 Å². The molecular formula is C10H17N3S. The Bertz CT molecular complexity index is 294. The van der Waals surface area contributed by atoms with Crippen molar-refractivity contribution in [3.05, 3.63) is 30.3 Å². The molecule has 0 fully saturated rings. The van der Waals surface area contributed by atoms with E-state index in [1.807, 2.05) is 13.8 Å². The van der Waals surface area contributed by atoms with Crippen LogP contribution < -0.4 is 10.9 Å². The van der Waals surface area contributed by atoms with Crippen LogP contribution in [0.2, 0.25) is 0 Å². The van der Waals surface area contributed by atoms with Crippen molar-refractivity contribution < 1.29 is 0 Å². The number of anilines is 1. The van der Waals surface area contributed by atoms with Gasteiger partial charge in [-0.2, -0.15) is 0 Å². The summed E-state index contributed by atoms with van der Waals surface area (Å²) >= 11 is 1.56. The second kappa shape index (κ2) is 6.34. The molecule has 3 nitrogen and oxygen atoms in total. The van der Waals surface area contributed by atoms with Crippen LogP contribution in [-0.2, 0) is 0 Å². The van der Waals surface area contributed by atoms with Crippen molar-refractivity contribution >= 4 is 22.5 Å². The van der Waals surface area contributed by atoms with Gasteiger partial charge in [0.25, 0.3) is 0 Å². The minimum absolute atomic E-state index is 0.767. The van der Waals surface area contributed by atoms with Gasteiger partial charge in [-0.05, 0) is 13.8 Å². The lowest BCUT2D eigenvalue weighted by atomic mass is 10.4. The molecule has 0 aliphatic carbocycles. The third kappa shape index (κ3) is 2.97. The predicted molar refractivity (Wildman–Crippen MR) is 65.4 cm³/mol. The molecule has 0 spiro atoms. The quantitative estimate of drug-likeness (QED) is 0.475. The van der Waals surface area contributed by atoms with E-state index in [0.29, 0.717) is 0 Å². The summed E-state index contributed by atoms with van der Waals surface area (Å²) in [6.07, 6.45) is 1.81. The van der Waals surface area contributed by atoms with Crippen LogP contribution >= 0.6 is 11.3 Å². The monoisotopic (exact) mass is 211 g/mol. The number of nitrogens with two attached hydrogens (primary N) is 1. The zero-order chi connectivity index (χ0) is 11.1. The highest BCUT2D eigenvalue weighted by atomic mass is 32.1. The summed E-state index contributed by atoms with van der Waals surface area (Å²) in [4.78, 5) is 5.39. The predicted octanol–water partition coefficient (Wildman–Crippen LogP) is 2.60. The van der Waals surface area contributed by atoms with Crippen molar-refractivity contribution in [3.63, 3.8) is 0 Å². The van der Waals surface area contributed by atoms with Crippen molar-refractivity contribution in [2.45, 2.75) is 13.8 Å². The van der Waals surface area contributed by atoms with Crippen LogP contribution in [0.15, 0.2) is 19.7 Å². The van der Waals surface area contributed by atoms with Crippen molar-refractivity contribution in [3.8, 4) is 0 Å². The van der Waals surface area contributed by atoms with Crippen LogP contribution in [0.1, 0.15) is 17.5 Å². The van der Waals surface area contributed by atoms with E-state index in [1.165, 1.54) is 0 Å². The van der Waals surface area contributed by atoms with Crippen LogP contribution in [-0.4, -0.2) is 11.5 Å². The standard InChI is InChI=1S/C8H13N3S.C2H4/c1-4-7-6(3)10-8(12-7)11(9)5-2;1-2/h4H,1,5,9H2,2-3H3;1-2H2. The summed E-state index contributed by atoms with van der Waals surface area (Å²) in [5.74, 6) is 5.68. The SMILES string of the molecule is C=C.C=Cc1sc(N(N)CC)nc1C. The number of aromatic nitrogens is 1. The number of aryl methyl sites for hydroxylation is 1. The van der Waals surface area contributed by atoms with E-state index in [2.05, 4.69) is 24.7 Å². The zero-order valence-corrected chi connectivity index (χ0v) is 9.60. The van der Waals surface area contributed by atoms with Gasteiger partial charge in [-0.3, -0.25) is 5.01 Å². The summed E-state index contributed by atoms with van der Waals surface area (Å²) in [6.45, 7) is 14.4.